The van der Waals surface area contributed by atoms with Gasteiger partial charge in [-0.25, -0.2) is 4.79 Å². The molecule has 0 saturated heterocycles. The first kappa shape index (κ1) is 22.2. The topological polar surface area (TPSA) is 148 Å². The van der Waals surface area contributed by atoms with E-state index in [1.54, 1.807) is 0 Å². The maximum absolute atomic E-state index is 12.5. The van der Waals surface area contributed by atoms with Crippen LogP contribution in [0.3, 0.4) is 0 Å². The van der Waals surface area contributed by atoms with E-state index in [9.17, 15) is 24.5 Å². The molecule has 2 N–H and O–H groups in total. The summed E-state index contributed by atoms with van der Waals surface area (Å²) in [6.45, 7) is -0.317. The summed E-state index contributed by atoms with van der Waals surface area (Å²) in [6.07, 6.45) is 0. The molecule has 29 heavy (non-hydrogen) atoms. The van der Waals surface area contributed by atoms with Gasteiger partial charge in [-0.3, -0.25) is 19.7 Å². The van der Waals surface area contributed by atoms with E-state index in [-0.39, 0.29) is 53.0 Å². The Morgan fingerprint density at radius 1 is 1.34 bits per heavy atom. The fourth-order valence-electron chi connectivity index (χ4n) is 2.55. The van der Waals surface area contributed by atoms with Crippen LogP contribution in [0.4, 0.5) is 11.4 Å². The van der Waals surface area contributed by atoms with Crippen LogP contribution < -0.4 is 5.32 Å². The fourth-order valence-corrected chi connectivity index (χ4v) is 3.39. The number of methoxy groups -OCH3 is 2. The van der Waals surface area contributed by atoms with E-state index in [1.807, 2.05) is 0 Å². The zero-order valence-corrected chi connectivity index (χ0v) is 16.5. The minimum atomic E-state index is -0.721. The number of ether oxygens (including phenoxy) is 2. The number of carbonyl (C=O) groups excluding carboxylic acids is 3. The van der Waals surface area contributed by atoms with E-state index >= 15 is 0 Å². The van der Waals surface area contributed by atoms with Gasteiger partial charge >= 0.3 is 11.9 Å². The Morgan fingerprint density at radius 2 is 2.07 bits per heavy atom. The first-order valence-corrected chi connectivity index (χ1v) is 9.27. The molecule has 0 fully saturated rings. The van der Waals surface area contributed by atoms with Crippen LogP contribution in [0.15, 0.2) is 34.4 Å². The van der Waals surface area contributed by atoms with Crippen molar-refractivity contribution in [1.82, 2.24) is 4.90 Å². The second-order valence-corrected chi connectivity index (χ2v) is 6.74. The zero-order valence-electron chi connectivity index (χ0n) is 15.7. The number of thioether (sulfide) groups is 1. The lowest BCUT2D eigenvalue weighted by Crippen LogP contribution is -2.31. The van der Waals surface area contributed by atoms with Gasteiger partial charge in [0.25, 0.3) is 11.6 Å². The van der Waals surface area contributed by atoms with Gasteiger partial charge in [0.1, 0.15) is 5.70 Å². The summed E-state index contributed by atoms with van der Waals surface area (Å²) in [4.78, 5) is 48.1. The lowest BCUT2D eigenvalue weighted by atomic mass is 10.2. The molecule has 1 aliphatic rings. The molecule has 0 atom stereocenters. The van der Waals surface area contributed by atoms with Gasteiger partial charge in [0.15, 0.2) is 0 Å². The molecule has 0 unspecified atom stereocenters. The molecule has 1 heterocycles. The number of aliphatic hydroxyl groups is 1. The molecule has 0 aliphatic carbocycles. The van der Waals surface area contributed by atoms with E-state index < -0.39 is 22.8 Å². The fraction of sp³-hybridized carbons (Fsp3) is 0.353. The smallest absolute Gasteiger partial charge is 0.337 e. The average Bonchev–Trinajstić information content (AvgIpc) is 3.01. The van der Waals surface area contributed by atoms with Crippen LogP contribution in [0.2, 0.25) is 0 Å². The molecule has 11 nitrogen and oxygen atoms in total. The van der Waals surface area contributed by atoms with Gasteiger partial charge in [-0.2, -0.15) is 0 Å². The number of rotatable bonds is 9. The number of β-amino-alcohol motifs (C(OH)–C–C–N with tert-alkyl or cyclic N) is 1. The molecule has 0 spiro atoms. The van der Waals surface area contributed by atoms with Gasteiger partial charge in [0.2, 0.25) is 0 Å². The van der Waals surface area contributed by atoms with Crippen LogP contribution in [0.1, 0.15) is 0 Å². The van der Waals surface area contributed by atoms with Crippen molar-refractivity contribution >= 4 is 41.0 Å². The maximum atomic E-state index is 12.5. The van der Waals surface area contributed by atoms with Gasteiger partial charge in [-0.1, -0.05) is 0 Å². The molecule has 1 aromatic carbocycles. The third kappa shape index (κ3) is 5.23. The molecule has 0 bridgehead atoms. The standard InChI is InChI=1S/C17H19N3O8S/c1-27-14(22)9-29-13-4-3-10(7-12(13)20(25)26)18-15-11(17(24)28-2)8-19(5-6-21)16(15)23/h3-4,7,18,21H,5-6,8-9H2,1-2H3. The third-order valence-electron chi connectivity index (χ3n) is 3.95. The van der Waals surface area contributed by atoms with Crippen LogP contribution in [0.25, 0.3) is 0 Å². The van der Waals surface area contributed by atoms with Crippen molar-refractivity contribution in [2.45, 2.75) is 4.90 Å². The van der Waals surface area contributed by atoms with E-state index in [4.69, 9.17) is 5.11 Å². The van der Waals surface area contributed by atoms with Crippen LogP contribution in [0.5, 0.6) is 0 Å². The van der Waals surface area contributed by atoms with Gasteiger partial charge in [0.05, 0.1) is 48.5 Å². The largest absolute Gasteiger partial charge is 0.468 e. The number of nitro benzene ring substituents is 1. The molecule has 0 saturated carbocycles. The second kappa shape index (κ2) is 9.89. The molecule has 1 aromatic rings. The van der Waals surface area contributed by atoms with Crippen molar-refractivity contribution in [2.24, 2.45) is 0 Å². The Morgan fingerprint density at radius 3 is 2.66 bits per heavy atom. The molecule has 0 aromatic heterocycles. The Labute approximate surface area is 169 Å². The van der Waals surface area contributed by atoms with Gasteiger partial charge < -0.3 is 24.8 Å². The predicted molar refractivity (Wildman–Crippen MR) is 102 cm³/mol. The molecule has 2 rings (SSSR count). The summed E-state index contributed by atoms with van der Waals surface area (Å²) in [5.74, 6) is -1.89. The van der Waals surface area contributed by atoms with Gasteiger partial charge in [-0.05, 0) is 12.1 Å². The van der Waals surface area contributed by atoms with Crippen molar-refractivity contribution in [1.29, 1.82) is 0 Å². The molecule has 12 heteroatoms. The summed E-state index contributed by atoms with van der Waals surface area (Å²) in [6, 6.07) is 4.11. The first-order valence-electron chi connectivity index (χ1n) is 8.29. The number of hydrogen-bond donors (Lipinski definition) is 2. The lowest BCUT2D eigenvalue weighted by Gasteiger charge is -2.15. The maximum Gasteiger partial charge on any atom is 0.337 e. The number of esters is 2. The predicted octanol–water partition coefficient (Wildman–Crippen LogP) is 0.533. The highest BCUT2D eigenvalue weighted by Gasteiger charge is 2.34. The number of hydrogen-bond acceptors (Lipinski definition) is 10. The minimum Gasteiger partial charge on any atom is -0.468 e. The highest BCUT2D eigenvalue weighted by molar-refractivity contribution is 8.00. The number of aliphatic hydroxyl groups excluding tert-OH is 1. The highest BCUT2D eigenvalue weighted by Crippen LogP contribution is 2.33. The van der Waals surface area contributed by atoms with E-state index in [2.05, 4.69) is 14.8 Å². The normalized spacial score (nSPS) is 13.5. The van der Waals surface area contributed by atoms with Gasteiger partial charge in [0, 0.05) is 18.3 Å². The Bertz CT molecular complexity index is 870. The quantitative estimate of drug-likeness (QED) is 0.248. The van der Waals surface area contributed by atoms with Crippen molar-refractivity contribution in [3.8, 4) is 0 Å². The molecule has 0 radical (unpaired) electrons. The van der Waals surface area contributed by atoms with Gasteiger partial charge in [-0.15, -0.1) is 11.8 Å². The van der Waals surface area contributed by atoms with E-state index in [0.29, 0.717) is 0 Å². The molecular formula is C17H19N3O8S. The lowest BCUT2D eigenvalue weighted by molar-refractivity contribution is -0.387. The summed E-state index contributed by atoms with van der Waals surface area (Å²) in [7, 11) is 2.39. The Hall–Kier alpha value is -3.12. The highest BCUT2D eigenvalue weighted by atomic mass is 32.2. The summed E-state index contributed by atoms with van der Waals surface area (Å²) >= 11 is 0.943. The van der Waals surface area contributed by atoms with Crippen LogP contribution in [-0.2, 0) is 23.9 Å². The SMILES string of the molecule is COC(=O)CSc1ccc(NC2=C(C(=O)OC)CN(CCO)C2=O)cc1[N+](=O)[O-]. The van der Waals surface area contributed by atoms with Crippen molar-refractivity contribution in [3.05, 3.63) is 39.6 Å². The molecule has 156 valence electrons. The monoisotopic (exact) mass is 425 g/mol. The minimum absolute atomic E-state index is 0.0216. The van der Waals surface area contributed by atoms with Crippen molar-refractivity contribution in [2.75, 3.05) is 45.0 Å². The third-order valence-corrected chi connectivity index (χ3v) is 4.99. The summed E-state index contributed by atoms with van der Waals surface area (Å²) in [5, 5.41) is 23.2. The first-order chi connectivity index (χ1) is 13.8. The van der Waals surface area contributed by atoms with Crippen molar-refractivity contribution in [3.63, 3.8) is 0 Å². The zero-order chi connectivity index (χ0) is 21.6. The Balaban J connectivity index is 2.32. The number of anilines is 1. The number of nitrogens with one attached hydrogen (secondary N) is 1. The second-order valence-electron chi connectivity index (χ2n) is 5.72. The Kier molecular flexibility index (Phi) is 7.56. The molecule has 1 amide bonds. The molecule has 1 aliphatic heterocycles. The van der Waals surface area contributed by atoms with Crippen molar-refractivity contribution < 1.29 is 33.9 Å². The van der Waals surface area contributed by atoms with Crippen LogP contribution in [-0.4, -0.2) is 72.4 Å². The number of nitrogens with zero attached hydrogens (tertiary/aromatic N) is 2. The van der Waals surface area contributed by atoms with E-state index in [1.165, 1.54) is 37.3 Å². The molecular weight excluding hydrogens is 406 g/mol. The van der Waals surface area contributed by atoms with E-state index in [0.717, 1.165) is 11.8 Å². The number of carbonyl (C=O) groups is 3. The average molecular weight is 425 g/mol. The van der Waals surface area contributed by atoms with Crippen LogP contribution in [0, 0.1) is 10.1 Å². The number of nitro groups is 1. The summed E-state index contributed by atoms with van der Waals surface area (Å²) in [5.41, 5.74) is -0.0937. The van der Waals surface area contributed by atoms with Crippen LogP contribution >= 0.6 is 11.8 Å². The summed E-state index contributed by atoms with van der Waals surface area (Å²) < 4.78 is 9.21. The number of amides is 1. The number of benzene rings is 1.